The summed E-state index contributed by atoms with van der Waals surface area (Å²) in [6.07, 6.45) is 8.30. The fourth-order valence-corrected chi connectivity index (χ4v) is 2.73. The maximum absolute atomic E-state index is 5.27. The number of hydrogen-bond acceptors (Lipinski definition) is 3. The highest BCUT2D eigenvalue weighted by Gasteiger charge is 2.33. The SMILES string of the molecule is CCCCCC/C=C\[Si](OC)(OC)OC. The molecule has 0 saturated carbocycles. The van der Waals surface area contributed by atoms with Crippen molar-refractivity contribution in [2.45, 2.75) is 39.0 Å². The standard InChI is InChI=1S/C11H24O3Si/c1-5-6-7-8-9-10-11-15(12-2,13-3)14-4/h10-11H,5-9H2,1-4H3/b11-10-. The van der Waals surface area contributed by atoms with Crippen LogP contribution >= 0.6 is 0 Å². The largest absolute Gasteiger partial charge is 0.528 e. The molecule has 15 heavy (non-hydrogen) atoms. The zero-order valence-corrected chi connectivity index (χ0v) is 11.4. The molecule has 0 spiro atoms. The Kier molecular flexibility index (Phi) is 8.99. The molecule has 0 aromatic carbocycles. The van der Waals surface area contributed by atoms with Crippen molar-refractivity contribution in [1.29, 1.82) is 0 Å². The Morgan fingerprint density at radius 1 is 0.933 bits per heavy atom. The first-order valence-electron chi connectivity index (χ1n) is 5.57. The number of hydrogen-bond donors (Lipinski definition) is 0. The lowest BCUT2D eigenvalue weighted by molar-refractivity contribution is 0.138. The van der Waals surface area contributed by atoms with Crippen LogP contribution < -0.4 is 0 Å². The van der Waals surface area contributed by atoms with Crippen molar-refractivity contribution < 1.29 is 13.3 Å². The molecule has 0 unspecified atom stereocenters. The van der Waals surface area contributed by atoms with Crippen LogP contribution in [0.25, 0.3) is 0 Å². The third-order valence-corrected chi connectivity index (χ3v) is 4.75. The minimum atomic E-state index is -2.47. The van der Waals surface area contributed by atoms with E-state index in [0.29, 0.717) is 0 Å². The smallest absolute Gasteiger partial charge is 0.374 e. The van der Waals surface area contributed by atoms with Crippen molar-refractivity contribution in [2.75, 3.05) is 21.3 Å². The highest BCUT2D eigenvalue weighted by molar-refractivity contribution is 6.66. The van der Waals surface area contributed by atoms with Crippen LogP contribution in [0.5, 0.6) is 0 Å². The molecule has 3 nitrogen and oxygen atoms in total. The number of unbranched alkanes of at least 4 members (excludes halogenated alkanes) is 4. The molecule has 90 valence electrons. The van der Waals surface area contributed by atoms with Gasteiger partial charge in [-0.05, 0) is 18.5 Å². The van der Waals surface area contributed by atoms with Gasteiger partial charge in [-0.25, -0.2) is 0 Å². The second kappa shape index (κ2) is 9.09. The van der Waals surface area contributed by atoms with Gasteiger partial charge in [0.2, 0.25) is 0 Å². The van der Waals surface area contributed by atoms with Gasteiger partial charge in [-0.15, -0.1) is 0 Å². The lowest BCUT2D eigenvalue weighted by Crippen LogP contribution is -2.40. The van der Waals surface area contributed by atoms with E-state index in [0.717, 1.165) is 6.42 Å². The average Bonchev–Trinajstić information content (AvgIpc) is 2.29. The first-order chi connectivity index (χ1) is 7.24. The lowest BCUT2D eigenvalue weighted by Gasteiger charge is -2.20. The molecule has 4 heteroatoms. The molecule has 0 aromatic heterocycles. The highest BCUT2D eigenvalue weighted by atomic mass is 28.4. The molecule has 0 aliphatic rings. The van der Waals surface area contributed by atoms with Crippen molar-refractivity contribution >= 4 is 8.80 Å². The summed E-state index contributed by atoms with van der Waals surface area (Å²) < 4.78 is 15.8. The van der Waals surface area contributed by atoms with Gasteiger partial charge in [-0.3, -0.25) is 0 Å². The van der Waals surface area contributed by atoms with Crippen LogP contribution in [-0.4, -0.2) is 30.1 Å². The molecule has 0 saturated heterocycles. The maximum atomic E-state index is 5.27. The summed E-state index contributed by atoms with van der Waals surface area (Å²) in [5, 5.41) is 0. The monoisotopic (exact) mass is 232 g/mol. The highest BCUT2D eigenvalue weighted by Crippen LogP contribution is 2.09. The zero-order valence-electron chi connectivity index (χ0n) is 10.4. The van der Waals surface area contributed by atoms with Gasteiger partial charge in [-0.1, -0.05) is 32.3 Å². The van der Waals surface area contributed by atoms with Crippen molar-refractivity contribution in [3.8, 4) is 0 Å². The van der Waals surface area contributed by atoms with E-state index in [1.54, 1.807) is 21.3 Å². The van der Waals surface area contributed by atoms with Gasteiger partial charge in [-0.2, -0.15) is 0 Å². The fraction of sp³-hybridized carbons (Fsp3) is 0.818. The topological polar surface area (TPSA) is 27.7 Å². The molecular formula is C11H24O3Si. The Morgan fingerprint density at radius 2 is 1.53 bits per heavy atom. The summed E-state index contributed by atoms with van der Waals surface area (Å²) in [5.74, 6) is 0. The van der Waals surface area contributed by atoms with Gasteiger partial charge in [0.1, 0.15) is 0 Å². The molecule has 0 bridgehead atoms. The van der Waals surface area contributed by atoms with Crippen LogP contribution in [0.4, 0.5) is 0 Å². The van der Waals surface area contributed by atoms with Crippen molar-refractivity contribution in [3.05, 3.63) is 11.8 Å². The average molecular weight is 232 g/mol. The molecule has 0 fully saturated rings. The quantitative estimate of drug-likeness (QED) is 0.452. The van der Waals surface area contributed by atoms with E-state index in [1.165, 1.54) is 25.7 Å². The Labute approximate surface area is 94.8 Å². The summed E-state index contributed by atoms with van der Waals surface area (Å²) >= 11 is 0. The van der Waals surface area contributed by atoms with E-state index in [2.05, 4.69) is 13.0 Å². The number of rotatable bonds is 9. The van der Waals surface area contributed by atoms with Crippen LogP contribution in [0, 0.1) is 0 Å². The lowest BCUT2D eigenvalue weighted by atomic mass is 10.2. The van der Waals surface area contributed by atoms with Crippen LogP contribution in [0.1, 0.15) is 39.0 Å². The second-order valence-corrected chi connectivity index (χ2v) is 6.23. The summed E-state index contributed by atoms with van der Waals surface area (Å²) in [5.41, 5.74) is 1.96. The van der Waals surface area contributed by atoms with Gasteiger partial charge in [0.05, 0.1) is 0 Å². The summed E-state index contributed by atoms with van der Waals surface area (Å²) in [7, 11) is 2.41. The van der Waals surface area contributed by atoms with E-state index in [1.807, 2.05) is 5.70 Å². The molecule has 0 amide bonds. The van der Waals surface area contributed by atoms with Crippen molar-refractivity contribution in [1.82, 2.24) is 0 Å². The van der Waals surface area contributed by atoms with E-state index >= 15 is 0 Å². The van der Waals surface area contributed by atoms with E-state index in [-0.39, 0.29) is 0 Å². The Morgan fingerprint density at radius 3 is 2.00 bits per heavy atom. The summed E-state index contributed by atoms with van der Waals surface area (Å²) in [4.78, 5) is 0. The first kappa shape index (κ1) is 14.8. The Hall–Kier alpha value is -0.163. The normalized spacial score (nSPS) is 12.5. The molecule has 0 N–H and O–H groups in total. The fourth-order valence-electron chi connectivity index (χ4n) is 1.37. The molecule has 0 rings (SSSR count). The maximum Gasteiger partial charge on any atom is 0.528 e. The van der Waals surface area contributed by atoms with E-state index < -0.39 is 8.80 Å². The predicted octanol–water partition coefficient (Wildman–Crippen LogP) is 2.93. The van der Waals surface area contributed by atoms with Crippen LogP contribution in [-0.2, 0) is 13.3 Å². The third kappa shape index (κ3) is 6.09. The molecule has 0 heterocycles. The third-order valence-electron chi connectivity index (χ3n) is 2.40. The molecule has 0 atom stereocenters. The van der Waals surface area contributed by atoms with E-state index in [4.69, 9.17) is 13.3 Å². The van der Waals surface area contributed by atoms with Gasteiger partial charge in [0.25, 0.3) is 0 Å². The summed E-state index contributed by atoms with van der Waals surface area (Å²) in [6.45, 7) is 2.22. The minimum Gasteiger partial charge on any atom is -0.374 e. The molecule has 0 aliphatic carbocycles. The van der Waals surface area contributed by atoms with Crippen LogP contribution in [0.2, 0.25) is 0 Å². The van der Waals surface area contributed by atoms with Crippen LogP contribution in [0.15, 0.2) is 11.8 Å². The molecule has 0 aromatic rings. The van der Waals surface area contributed by atoms with E-state index in [9.17, 15) is 0 Å². The van der Waals surface area contributed by atoms with Crippen molar-refractivity contribution in [2.24, 2.45) is 0 Å². The van der Waals surface area contributed by atoms with Crippen molar-refractivity contribution in [3.63, 3.8) is 0 Å². The molecular weight excluding hydrogens is 208 g/mol. The number of allylic oxidation sites excluding steroid dienone is 1. The summed E-state index contributed by atoms with van der Waals surface area (Å²) in [6, 6.07) is 0. The molecule has 0 radical (unpaired) electrons. The Balaban J connectivity index is 3.80. The van der Waals surface area contributed by atoms with Crippen LogP contribution in [0.3, 0.4) is 0 Å². The van der Waals surface area contributed by atoms with Gasteiger partial charge in [0, 0.05) is 21.3 Å². The first-order valence-corrected chi connectivity index (χ1v) is 7.38. The molecule has 0 aliphatic heterocycles. The zero-order chi connectivity index (χ0) is 11.6. The van der Waals surface area contributed by atoms with Gasteiger partial charge < -0.3 is 13.3 Å². The van der Waals surface area contributed by atoms with Gasteiger partial charge in [0.15, 0.2) is 0 Å². The Bertz CT molecular complexity index is 159. The van der Waals surface area contributed by atoms with Gasteiger partial charge >= 0.3 is 8.80 Å². The minimum absolute atomic E-state index is 1.07. The second-order valence-electron chi connectivity index (χ2n) is 3.47. The predicted molar refractivity (Wildman–Crippen MR) is 64.7 cm³/mol.